The molecule has 0 aromatic heterocycles. The Morgan fingerprint density at radius 1 is 0.909 bits per heavy atom. The number of hydrogen-bond acceptors (Lipinski definition) is 3. The molecule has 170 valence electrons. The molecule has 0 aliphatic carbocycles. The predicted octanol–water partition coefficient (Wildman–Crippen LogP) is 4.06. The second-order valence-corrected chi connectivity index (χ2v) is 8.73. The predicted molar refractivity (Wildman–Crippen MR) is 131 cm³/mol. The van der Waals surface area contributed by atoms with Crippen LogP contribution in [0.2, 0.25) is 0 Å². The van der Waals surface area contributed by atoms with Crippen LogP contribution in [-0.4, -0.2) is 42.4 Å². The first kappa shape index (κ1) is 22.7. The Balaban J connectivity index is 1.46. The highest BCUT2D eigenvalue weighted by Crippen LogP contribution is 2.40. The van der Waals surface area contributed by atoms with Gasteiger partial charge in [0.05, 0.1) is 0 Å². The van der Waals surface area contributed by atoms with E-state index in [2.05, 4.69) is 41.4 Å². The first-order valence-corrected chi connectivity index (χ1v) is 11.6. The Labute approximate surface area is 195 Å². The van der Waals surface area contributed by atoms with E-state index >= 15 is 0 Å². The second-order valence-electron chi connectivity index (χ2n) is 8.73. The molecule has 1 fully saturated rings. The first-order valence-electron chi connectivity index (χ1n) is 11.6. The fourth-order valence-corrected chi connectivity index (χ4v) is 5.00. The zero-order valence-corrected chi connectivity index (χ0v) is 19.0. The Kier molecular flexibility index (Phi) is 7.20. The molecule has 33 heavy (non-hydrogen) atoms. The summed E-state index contributed by atoms with van der Waals surface area (Å²) >= 11 is 0. The maximum atomic E-state index is 12.4. The van der Waals surface area contributed by atoms with Crippen LogP contribution in [0, 0.1) is 5.92 Å². The van der Waals surface area contributed by atoms with Gasteiger partial charge in [0.1, 0.15) is 0 Å². The average Bonchev–Trinajstić information content (AvgIpc) is 3.20. The van der Waals surface area contributed by atoms with Crippen molar-refractivity contribution in [2.75, 3.05) is 19.6 Å². The normalized spacial score (nSPS) is 19.2. The standard InChI is InChI=1S/C28H31N3O2/c1-20-25(16-18-31(20)19-17-30-28(33)24-10-6-3-7-11-24)26(21-8-4-2-5-9-21)22-12-14-23(15-13-22)27(29)32/h2-15,20,25-26H,16-19H2,1H3,(H2,29,32)(H,30,33)/t20-,25+,26-/m0/s1. The quantitative estimate of drug-likeness (QED) is 0.554. The van der Waals surface area contributed by atoms with Crippen LogP contribution in [0.5, 0.6) is 0 Å². The highest BCUT2D eigenvalue weighted by molar-refractivity contribution is 5.94. The molecule has 0 bridgehead atoms. The summed E-state index contributed by atoms with van der Waals surface area (Å²) in [5, 5.41) is 3.05. The van der Waals surface area contributed by atoms with Gasteiger partial charge in [-0.15, -0.1) is 0 Å². The number of carbonyl (C=O) groups is 2. The van der Waals surface area contributed by atoms with Crippen LogP contribution in [0.3, 0.4) is 0 Å². The fourth-order valence-electron chi connectivity index (χ4n) is 5.00. The third-order valence-corrected chi connectivity index (χ3v) is 6.81. The summed E-state index contributed by atoms with van der Waals surface area (Å²) < 4.78 is 0. The van der Waals surface area contributed by atoms with Crippen LogP contribution in [0.1, 0.15) is 51.1 Å². The van der Waals surface area contributed by atoms with Gasteiger partial charge in [0.2, 0.25) is 5.91 Å². The Morgan fingerprint density at radius 2 is 1.52 bits per heavy atom. The molecule has 2 amide bonds. The van der Waals surface area contributed by atoms with E-state index in [4.69, 9.17) is 5.73 Å². The summed E-state index contributed by atoms with van der Waals surface area (Å²) in [5.41, 5.74) is 9.13. The lowest BCUT2D eigenvalue weighted by molar-refractivity contribution is 0.0945. The molecule has 0 saturated carbocycles. The van der Waals surface area contributed by atoms with Crippen molar-refractivity contribution in [1.82, 2.24) is 10.2 Å². The molecule has 1 aliphatic rings. The minimum absolute atomic E-state index is 0.0318. The minimum Gasteiger partial charge on any atom is -0.366 e. The number of benzene rings is 3. The van der Waals surface area contributed by atoms with E-state index < -0.39 is 5.91 Å². The maximum absolute atomic E-state index is 12.4. The van der Waals surface area contributed by atoms with Crippen LogP contribution in [0.15, 0.2) is 84.9 Å². The first-order chi connectivity index (χ1) is 16.0. The second kappa shape index (κ2) is 10.5. The van der Waals surface area contributed by atoms with Gasteiger partial charge in [-0.2, -0.15) is 0 Å². The third-order valence-electron chi connectivity index (χ3n) is 6.81. The number of likely N-dealkylation sites (tertiary alicyclic amines) is 1. The van der Waals surface area contributed by atoms with Crippen molar-refractivity contribution >= 4 is 11.8 Å². The lowest BCUT2D eigenvalue weighted by atomic mass is 9.77. The number of primary amides is 1. The van der Waals surface area contributed by atoms with E-state index in [1.165, 1.54) is 11.1 Å². The molecule has 5 heteroatoms. The molecule has 4 rings (SSSR count). The van der Waals surface area contributed by atoms with Crippen molar-refractivity contribution in [3.63, 3.8) is 0 Å². The van der Waals surface area contributed by atoms with Crippen molar-refractivity contribution in [2.45, 2.75) is 25.3 Å². The molecular formula is C28H31N3O2. The Bertz CT molecular complexity index is 1070. The van der Waals surface area contributed by atoms with Crippen molar-refractivity contribution < 1.29 is 9.59 Å². The van der Waals surface area contributed by atoms with E-state index in [9.17, 15) is 9.59 Å². The summed E-state index contributed by atoms with van der Waals surface area (Å²) in [5.74, 6) is 0.218. The number of nitrogens with two attached hydrogens (primary N) is 1. The van der Waals surface area contributed by atoms with Crippen LogP contribution in [-0.2, 0) is 0 Å². The van der Waals surface area contributed by atoms with E-state index in [1.54, 1.807) is 0 Å². The lowest BCUT2D eigenvalue weighted by Gasteiger charge is -2.31. The van der Waals surface area contributed by atoms with Gasteiger partial charge in [-0.25, -0.2) is 0 Å². The average molecular weight is 442 g/mol. The van der Waals surface area contributed by atoms with Gasteiger partial charge in [-0.1, -0.05) is 60.7 Å². The van der Waals surface area contributed by atoms with Crippen molar-refractivity contribution in [1.29, 1.82) is 0 Å². The monoisotopic (exact) mass is 441 g/mol. The summed E-state index contributed by atoms with van der Waals surface area (Å²) in [6.07, 6.45) is 1.07. The molecule has 3 N–H and O–H groups in total. The van der Waals surface area contributed by atoms with E-state index in [-0.39, 0.29) is 11.8 Å². The topological polar surface area (TPSA) is 75.4 Å². The summed E-state index contributed by atoms with van der Waals surface area (Å²) in [4.78, 5) is 26.3. The zero-order chi connectivity index (χ0) is 23.2. The molecule has 1 heterocycles. The Morgan fingerprint density at radius 3 is 2.15 bits per heavy atom. The molecule has 1 saturated heterocycles. The lowest BCUT2D eigenvalue weighted by Crippen LogP contribution is -2.38. The van der Waals surface area contributed by atoms with Gasteiger partial charge in [-0.05, 0) is 61.2 Å². The highest BCUT2D eigenvalue weighted by atomic mass is 16.2. The van der Waals surface area contributed by atoms with Crippen molar-refractivity contribution in [3.05, 3.63) is 107 Å². The molecule has 3 aromatic rings. The number of hydrogen-bond donors (Lipinski definition) is 2. The molecule has 5 nitrogen and oxygen atoms in total. The number of carbonyl (C=O) groups excluding carboxylic acids is 2. The van der Waals surface area contributed by atoms with E-state index in [1.807, 2.05) is 60.7 Å². The number of nitrogens with one attached hydrogen (secondary N) is 1. The van der Waals surface area contributed by atoms with E-state index in [0.29, 0.717) is 29.6 Å². The van der Waals surface area contributed by atoms with Gasteiger partial charge < -0.3 is 11.1 Å². The molecule has 0 unspecified atom stereocenters. The van der Waals surface area contributed by atoms with Gasteiger partial charge >= 0.3 is 0 Å². The molecule has 3 aromatic carbocycles. The van der Waals surface area contributed by atoms with Gasteiger partial charge in [-0.3, -0.25) is 14.5 Å². The Hall–Kier alpha value is -3.44. The van der Waals surface area contributed by atoms with Crippen LogP contribution in [0.25, 0.3) is 0 Å². The zero-order valence-electron chi connectivity index (χ0n) is 19.0. The summed E-state index contributed by atoms with van der Waals surface area (Å²) in [6.45, 7) is 4.71. The van der Waals surface area contributed by atoms with Crippen molar-refractivity contribution in [3.8, 4) is 0 Å². The van der Waals surface area contributed by atoms with Gasteiger partial charge in [0.25, 0.3) is 5.91 Å². The molecular weight excluding hydrogens is 410 g/mol. The number of amides is 2. The van der Waals surface area contributed by atoms with Gasteiger partial charge in [0.15, 0.2) is 0 Å². The van der Waals surface area contributed by atoms with Crippen molar-refractivity contribution in [2.24, 2.45) is 11.7 Å². The smallest absolute Gasteiger partial charge is 0.251 e. The summed E-state index contributed by atoms with van der Waals surface area (Å²) in [6, 6.07) is 28.0. The molecule has 3 atom stereocenters. The maximum Gasteiger partial charge on any atom is 0.251 e. The summed E-state index contributed by atoms with van der Waals surface area (Å²) in [7, 11) is 0. The van der Waals surface area contributed by atoms with Crippen LogP contribution in [0.4, 0.5) is 0 Å². The van der Waals surface area contributed by atoms with Crippen LogP contribution < -0.4 is 11.1 Å². The SMILES string of the molecule is C[C@H]1[C@H]([C@@H](c2ccccc2)c2ccc(C(N)=O)cc2)CCN1CCNC(=O)c1ccccc1. The van der Waals surface area contributed by atoms with E-state index in [0.717, 1.165) is 19.5 Å². The minimum atomic E-state index is -0.407. The van der Waals surface area contributed by atoms with Crippen LogP contribution >= 0.6 is 0 Å². The largest absolute Gasteiger partial charge is 0.366 e. The number of nitrogens with zero attached hydrogens (tertiary/aromatic N) is 1. The molecule has 1 aliphatic heterocycles. The molecule has 0 spiro atoms. The van der Waals surface area contributed by atoms with Gasteiger partial charge in [0, 0.05) is 36.2 Å². The number of rotatable bonds is 8. The molecule has 0 radical (unpaired) electrons. The highest BCUT2D eigenvalue weighted by Gasteiger charge is 2.37. The fraction of sp³-hybridized carbons (Fsp3) is 0.286. The third kappa shape index (κ3) is 5.32.